The second kappa shape index (κ2) is 6.75. The van der Waals surface area contributed by atoms with Crippen LogP contribution in [-0.4, -0.2) is 16.9 Å². The molecule has 1 rings (SSSR count). The van der Waals surface area contributed by atoms with Crippen LogP contribution >= 0.6 is 0 Å². The number of carbonyl (C=O) groups excluding carboxylic acids is 1. The Balaban J connectivity index is 2.51. The number of benzene rings is 1. The molecule has 0 spiro atoms. The first-order valence-electron chi connectivity index (χ1n) is 6.28. The minimum atomic E-state index is -0.798. The van der Waals surface area contributed by atoms with E-state index in [1.165, 1.54) is 6.08 Å². The minimum Gasteiger partial charge on any atom is -0.494 e. The number of nitrogens with one attached hydrogen (secondary N) is 2. The maximum atomic E-state index is 11.5. The highest BCUT2D eigenvalue weighted by Gasteiger charge is 2.13. The molecule has 0 bridgehead atoms. The summed E-state index contributed by atoms with van der Waals surface area (Å²) < 4.78 is 4.95. The summed E-state index contributed by atoms with van der Waals surface area (Å²) in [4.78, 5) is 11.5. The van der Waals surface area contributed by atoms with Crippen LogP contribution in [0.5, 0.6) is 5.75 Å². The molecule has 1 aromatic rings. The molecule has 5 nitrogen and oxygen atoms in total. The van der Waals surface area contributed by atoms with E-state index in [1.807, 2.05) is 20.8 Å². The number of aliphatic hydroxyl groups excluding tert-OH is 1. The van der Waals surface area contributed by atoms with Gasteiger partial charge in [0.1, 0.15) is 5.75 Å². The largest absolute Gasteiger partial charge is 0.494 e. The lowest BCUT2D eigenvalue weighted by molar-refractivity contribution is 0.196. The highest BCUT2D eigenvalue weighted by Crippen LogP contribution is 2.19. The second-order valence-electron chi connectivity index (χ2n) is 5.62. The molecule has 108 valence electrons. The Morgan fingerprint density at radius 1 is 1.35 bits per heavy atom. The van der Waals surface area contributed by atoms with Gasteiger partial charge in [0.2, 0.25) is 0 Å². The van der Waals surface area contributed by atoms with Crippen molar-refractivity contribution in [3.8, 4) is 5.75 Å². The summed E-state index contributed by atoms with van der Waals surface area (Å²) in [6, 6.07) is 8.52. The molecule has 0 heterocycles. The van der Waals surface area contributed by atoms with E-state index in [2.05, 4.69) is 5.32 Å². The van der Waals surface area contributed by atoms with E-state index in [0.29, 0.717) is 12.2 Å². The summed E-state index contributed by atoms with van der Waals surface area (Å²) in [5, 5.41) is 19.4. The Hall–Kier alpha value is -2.30. The van der Waals surface area contributed by atoms with Crippen molar-refractivity contribution in [1.82, 2.24) is 5.32 Å². The van der Waals surface area contributed by atoms with E-state index in [-0.39, 0.29) is 11.1 Å². The van der Waals surface area contributed by atoms with Gasteiger partial charge in [-0.25, -0.2) is 4.79 Å². The third-order valence-electron chi connectivity index (χ3n) is 2.22. The number of carbonyl (C=O) groups is 1. The van der Waals surface area contributed by atoms with Crippen molar-refractivity contribution in [2.45, 2.75) is 27.2 Å². The van der Waals surface area contributed by atoms with Gasteiger partial charge in [0.05, 0.1) is 0 Å². The van der Waals surface area contributed by atoms with Crippen molar-refractivity contribution < 1.29 is 14.6 Å². The zero-order chi connectivity index (χ0) is 15.2. The van der Waals surface area contributed by atoms with Crippen molar-refractivity contribution in [2.75, 3.05) is 0 Å². The fourth-order valence-electron chi connectivity index (χ4n) is 1.55. The molecular formula is C15H20N2O3. The number of ether oxygens (including phenoxy) is 1. The van der Waals surface area contributed by atoms with Crippen molar-refractivity contribution in [3.05, 3.63) is 42.3 Å². The monoisotopic (exact) mass is 276 g/mol. The molecule has 0 aliphatic heterocycles. The Morgan fingerprint density at radius 2 is 1.95 bits per heavy atom. The summed E-state index contributed by atoms with van der Waals surface area (Å²) in [7, 11) is 0. The van der Waals surface area contributed by atoms with Gasteiger partial charge >= 0.3 is 6.09 Å². The van der Waals surface area contributed by atoms with Crippen molar-refractivity contribution in [1.29, 1.82) is 5.41 Å². The van der Waals surface area contributed by atoms with E-state index < -0.39 is 12.0 Å². The first-order chi connectivity index (χ1) is 9.26. The van der Waals surface area contributed by atoms with Crippen LogP contribution < -0.4 is 10.1 Å². The maximum absolute atomic E-state index is 11.5. The zero-order valence-corrected chi connectivity index (χ0v) is 11.9. The summed E-state index contributed by atoms with van der Waals surface area (Å²) >= 11 is 0. The normalized spacial score (nSPS) is 11.8. The number of aliphatic hydroxyl groups is 1. The van der Waals surface area contributed by atoms with Crippen molar-refractivity contribution in [3.63, 3.8) is 0 Å². The Kier molecular flexibility index (Phi) is 5.32. The zero-order valence-electron chi connectivity index (χ0n) is 11.9. The van der Waals surface area contributed by atoms with Crippen LogP contribution in [0.1, 0.15) is 27.2 Å². The maximum Gasteiger partial charge on any atom is 0.419 e. The third-order valence-corrected chi connectivity index (χ3v) is 2.22. The second-order valence-corrected chi connectivity index (χ2v) is 5.62. The number of amides is 1. The molecule has 5 heteroatoms. The van der Waals surface area contributed by atoms with E-state index in [9.17, 15) is 9.90 Å². The van der Waals surface area contributed by atoms with Gasteiger partial charge in [-0.15, -0.1) is 0 Å². The van der Waals surface area contributed by atoms with Gasteiger partial charge < -0.3 is 15.3 Å². The molecule has 0 aromatic heterocycles. The topological polar surface area (TPSA) is 82.4 Å². The predicted octanol–water partition coefficient (Wildman–Crippen LogP) is 3.63. The van der Waals surface area contributed by atoms with Gasteiger partial charge in [-0.2, -0.15) is 0 Å². The first-order valence-corrected chi connectivity index (χ1v) is 6.28. The van der Waals surface area contributed by atoms with E-state index in [0.717, 1.165) is 0 Å². The lowest BCUT2D eigenvalue weighted by atomic mass is 9.89. The average molecular weight is 276 g/mol. The number of rotatable bonds is 4. The molecule has 1 amide bonds. The van der Waals surface area contributed by atoms with Gasteiger partial charge in [-0.1, -0.05) is 39.0 Å². The van der Waals surface area contributed by atoms with Gasteiger partial charge in [-0.3, -0.25) is 5.32 Å². The fourth-order valence-corrected chi connectivity index (χ4v) is 1.55. The van der Waals surface area contributed by atoms with Gasteiger partial charge in [0, 0.05) is 11.8 Å². The number of hydrogen-bond acceptors (Lipinski definition) is 4. The average Bonchev–Trinajstić information content (AvgIpc) is 2.26. The molecule has 20 heavy (non-hydrogen) atoms. The molecule has 0 aliphatic carbocycles. The molecule has 3 N–H and O–H groups in total. The highest BCUT2D eigenvalue weighted by atomic mass is 16.6. The third kappa shape index (κ3) is 6.58. The molecular weight excluding hydrogens is 256 g/mol. The summed E-state index contributed by atoms with van der Waals surface area (Å²) in [5.74, 6) is -0.0252. The van der Waals surface area contributed by atoms with Crippen LogP contribution in [0.4, 0.5) is 4.79 Å². The van der Waals surface area contributed by atoms with Gasteiger partial charge in [0.25, 0.3) is 0 Å². The van der Waals surface area contributed by atoms with Crippen LogP contribution in [0.25, 0.3) is 0 Å². The van der Waals surface area contributed by atoms with E-state index >= 15 is 0 Å². The molecule has 1 aromatic carbocycles. The van der Waals surface area contributed by atoms with Crippen molar-refractivity contribution >= 4 is 11.8 Å². The Bertz CT molecular complexity index is 502. The van der Waals surface area contributed by atoms with E-state index in [1.54, 1.807) is 30.3 Å². The molecule has 0 saturated carbocycles. The van der Waals surface area contributed by atoms with Crippen LogP contribution in [0.2, 0.25) is 0 Å². The number of para-hydroxylation sites is 1. The molecule has 0 radical (unpaired) electrons. The predicted molar refractivity (Wildman–Crippen MR) is 78.1 cm³/mol. The molecule has 0 atom stereocenters. The fraction of sp³-hybridized carbons (Fsp3) is 0.333. The van der Waals surface area contributed by atoms with Crippen LogP contribution in [-0.2, 0) is 0 Å². The SMILES string of the molecule is CC(C)(C)CC(=N)/C=C(\O)NC(=O)Oc1ccccc1. The van der Waals surface area contributed by atoms with Crippen LogP contribution in [0.15, 0.2) is 42.3 Å². The standard InChI is InChI=1S/C15H20N2O3/c1-15(2,3)10-11(16)9-13(18)17-14(19)20-12-7-5-4-6-8-12/h4-9,16,18H,10H2,1-3H3,(H,17,19)/b13-9-,16-11?. The Morgan fingerprint density at radius 3 is 2.50 bits per heavy atom. The molecule has 0 unspecified atom stereocenters. The summed E-state index contributed by atoms with van der Waals surface area (Å²) in [6.45, 7) is 5.97. The highest BCUT2D eigenvalue weighted by molar-refractivity contribution is 5.93. The lowest BCUT2D eigenvalue weighted by Gasteiger charge is -2.17. The summed E-state index contributed by atoms with van der Waals surface area (Å²) in [5.41, 5.74) is 0.174. The van der Waals surface area contributed by atoms with Crippen molar-refractivity contribution in [2.24, 2.45) is 5.41 Å². The minimum absolute atomic E-state index is 0.0571. The summed E-state index contributed by atoms with van der Waals surface area (Å²) in [6.07, 6.45) is 0.901. The number of allylic oxidation sites excluding steroid dienone is 1. The molecule has 0 saturated heterocycles. The van der Waals surface area contributed by atoms with Crippen LogP contribution in [0, 0.1) is 10.8 Å². The quantitative estimate of drug-likeness (QED) is 0.580. The smallest absolute Gasteiger partial charge is 0.419 e. The number of hydrogen-bond donors (Lipinski definition) is 3. The van der Waals surface area contributed by atoms with E-state index in [4.69, 9.17) is 10.1 Å². The van der Waals surface area contributed by atoms with Gasteiger partial charge in [0.15, 0.2) is 5.88 Å². The molecule has 0 aliphatic rings. The Labute approximate surface area is 118 Å². The molecule has 0 fully saturated rings. The van der Waals surface area contributed by atoms with Crippen LogP contribution in [0.3, 0.4) is 0 Å². The lowest BCUT2D eigenvalue weighted by Crippen LogP contribution is -2.26. The van der Waals surface area contributed by atoms with Gasteiger partial charge in [-0.05, 0) is 24.0 Å². The first kappa shape index (κ1) is 15.8.